The fourth-order valence-corrected chi connectivity index (χ4v) is 2.62. The van der Waals surface area contributed by atoms with Crippen LogP contribution in [0.25, 0.3) is 0 Å². The Kier molecular flexibility index (Phi) is 3.56. The van der Waals surface area contributed by atoms with E-state index in [1.807, 2.05) is 0 Å². The van der Waals surface area contributed by atoms with Gasteiger partial charge < -0.3 is 14.7 Å². The first-order valence-corrected chi connectivity index (χ1v) is 6.06. The van der Waals surface area contributed by atoms with Gasteiger partial charge in [-0.3, -0.25) is 0 Å². The molecule has 0 radical (unpaired) electrons. The first kappa shape index (κ1) is 10.9. The van der Waals surface area contributed by atoms with Crippen LogP contribution in [0.5, 0.6) is 0 Å². The van der Waals surface area contributed by atoms with Gasteiger partial charge in [0.1, 0.15) is 0 Å². The highest BCUT2D eigenvalue weighted by Gasteiger charge is 2.23. The van der Waals surface area contributed by atoms with Gasteiger partial charge in [0.25, 0.3) is 0 Å². The number of rotatable bonds is 3. The van der Waals surface area contributed by atoms with Crippen LogP contribution in [-0.4, -0.2) is 35.9 Å². The summed E-state index contributed by atoms with van der Waals surface area (Å²) in [5.41, 5.74) is 0. The van der Waals surface area contributed by atoms with Crippen LogP contribution in [0.15, 0.2) is 6.20 Å². The highest BCUT2D eigenvalue weighted by Crippen LogP contribution is 2.26. The Morgan fingerprint density at radius 2 is 2.60 bits per heavy atom. The minimum absolute atomic E-state index is 0.0821. The number of anilines is 1. The highest BCUT2D eigenvalue weighted by atomic mass is 32.1. The maximum Gasteiger partial charge on any atom is 0.185 e. The van der Waals surface area contributed by atoms with Crippen molar-refractivity contribution >= 4 is 16.5 Å². The predicted octanol–water partition coefficient (Wildman–Crippen LogP) is 1.25. The number of hydrogen-bond donors (Lipinski definition) is 1. The minimum atomic E-state index is 0.0821. The summed E-state index contributed by atoms with van der Waals surface area (Å²) in [5, 5.41) is 10.0. The van der Waals surface area contributed by atoms with Crippen LogP contribution >= 0.6 is 11.3 Å². The van der Waals surface area contributed by atoms with Crippen molar-refractivity contribution in [2.75, 3.05) is 24.7 Å². The molecule has 0 amide bonds. The van der Waals surface area contributed by atoms with Crippen LogP contribution in [0.3, 0.4) is 0 Å². The van der Waals surface area contributed by atoms with Gasteiger partial charge in [0.05, 0.1) is 30.7 Å². The lowest BCUT2D eigenvalue weighted by atomic mass is 10.2. The number of thiazole rings is 1. The van der Waals surface area contributed by atoms with E-state index in [0.29, 0.717) is 6.04 Å². The molecule has 0 aliphatic carbocycles. The summed E-state index contributed by atoms with van der Waals surface area (Å²) in [6.45, 7) is 4.69. The number of aliphatic hydroxyl groups excluding tert-OH is 1. The topological polar surface area (TPSA) is 45.6 Å². The molecule has 4 nitrogen and oxygen atoms in total. The Bertz CT molecular complexity index is 316. The molecular formula is C10H16N2O2S. The van der Waals surface area contributed by atoms with E-state index >= 15 is 0 Å². The first-order valence-electron chi connectivity index (χ1n) is 5.25. The maximum atomic E-state index is 9.00. The summed E-state index contributed by atoms with van der Waals surface area (Å²) < 4.78 is 5.44. The zero-order valence-electron chi connectivity index (χ0n) is 8.85. The standard InChI is InChI=1S/C10H16N2O2S/c1-2-8-7-14-4-3-12(8)10-11-5-9(6-13)15-10/h5,8,13H,2-4,6-7H2,1H3. The van der Waals surface area contributed by atoms with Crippen molar-refractivity contribution in [1.82, 2.24) is 4.98 Å². The van der Waals surface area contributed by atoms with Crippen molar-refractivity contribution < 1.29 is 9.84 Å². The number of aromatic nitrogens is 1. The van der Waals surface area contributed by atoms with Gasteiger partial charge >= 0.3 is 0 Å². The van der Waals surface area contributed by atoms with Crippen molar-refractivity contribution in [3.05, 3.63) is 11.1 Å². The zero-order valence-corrected chi connectivity index (χ0v) is 9.66. The monoisotopic (exact) mass is 228 g/mol. The number of morpholine rings is 1. The second kappa shape index (κ2) is 4.92. The maximum absolute atomic E-state index is 9.00. The lowest BCUT2D eigenvalue weighted by Crippen LogP contribution is -2.45. The molecule has 15 heavy (non-hydrogen) atoms. The summed E-state index contributed by atoms with van der Waals surface area (Å²) in [5.74, 6) is 0. The molecule has 1 atom stereocenters. The molecule has 0 bridgehead atoms. The Morgan fingerprint density at radius 3 is 3.27 bits per heavy atom. The largest absolute Gasteiger partial charge is 0.391 e. The Labute approximate surface area is 93.5 Å². The van der Waals surface area contributed by atoms with Crippen LogP contribution in [0.1, 0.15) is 18.2 Å². The van der Waals surface area contributed by atoms with Crippen LogP contribution in [-0.2, 0) is 11.3 Å². The fraction of sp³-hybridized carbons (Fsp3) is 0.700. The lowest BCUT2D eigenvalue weighted by molar-refractivity contribution is 0.0930. The Balaban J connectivity index is 2.12. The summed E-state index contributed by atoms with van der Waals surface area (Å²) in [6.07, 6.45) is 2.82. The summed E-state index contributed by atoms with van der Waals surface area (Å²) in [4.78, 5) is 7.55. The van der Waals surface area contributed by atoms with E-state index in [1.165, 1.54) is 0 Å². The molecule has 1 unspecified atom stereocenters. The SMILES string of the molecule is CCC1COCCN1c1ncc(CO)s1. The van der Waals surface area contributed by atoms with Crippen molar-refractivity contribution in [2.45, 2.75) is 26.0 Å². The van der Waals surface area contributed by atoms with Crippen LogP contribution in [0, 0.1) is 0 Å². The molecule has 1 aliphatic rings. The molecule has 0 spiro atoms. The molecule has 5 heteroatoms. The van der Waals surface area contributed by atoms with Gasteiger partial charge in [0.15, 0.2) is 5.13 Å². The minimum Gasteiger partial charge on any atom is -0.391 e. The number of hydrogen-bond acceptors (Lipinski definition) is 5. The van der Waals surface area contributed by atoms with Gasteiger partial charge in [-0.05, 0) is 6.42 Å². The summed E-state index contributed by atoms with van der Waals surface area (Å²) >= 11 is 1.57. The van der Waals surface area contributed by atoms with Gasteiger partial charge in [-0.1, -0.05) is 18.3 Å². The lowest BCUT2D eigenvalue weighted by Gasteiger charge is -2.34. The second-order valence-corrected chi connectivity index (χ2v) is 4.69. The van der Waals surface area contributed by atoms with Gasteiger partial charge in [-0.2, -0.15) is 0 Å². The Morgan fingerprint density at radius 1 is 1.73 bits per heavy atom. The molecule has 2 heterocycles. The molecule has 1 aromatic heterocycles. The second-order valence-electron chi connectivity index (χ2n) is 3.60. The molecule has 1 N–H and O–H groups in total. The average molecular weight is 228 g/mol. The van der Waals surface area contributed by atoms with E-state index in [0.717, 1.165) is 36.2 Å². The third kappa shape index (κ3) is 2.30. The van der Waals surface area contributed by atoms with Crippen LogP contribution < -0.4 is 4.90 Å². The summed E-state index contributed by atoms with van der Waals surface area (Å²) in [6, 6.07) is 0.427. The van der Waals surface area contributed by atoms with E-state index in [9.17, 15) is 0 Å². The molecule has 0 saturated carbocycles. The predicted molar refractivity (Wildman–Crippen MR) is 60.3 cm³/mol. The molecule has 0 aromatic carbocycles. The van der Waals surface area contributed by atoms with E-state index < -0.39 is 0 Å². The molecule has 84 valence electrons. The van der Waals surface area contributed by atoms with Gasteiger partial charge in [-0.25, -0.2) is 4.98 Å². The third-order valence-corrected chi connectivity index (χ3v) is 3.66. The van der Waals surface area contributed by atoms with Gasteiger partial charge in [0, 0.05) is 12.7 Å². The fourth-order valence-electron chi connectivity index (χ4n) is 1.75. The summed E-state index contributed by atoms with van der Waals surface area (Å²) in [7, 11) is 0. The van der Waals surface area contributed by atoms with Crippen molar-refractivity contribution in [3.8, 4) is 0 Å². The molecule has 1 fully saturated rings. The number of aliphatic hydroxyl groups is 1. The van der Waals surface area contributed by atoms with E-state index in [-0.39, 0.29) is 6.61 Å². The smallest absolute Gasteiger partial charge is 0.185 e. The Hall–Kier alpha value is -0.650. The van der Waals surface area contributed by atoms with E-state index in [1.54, 1.807) is 17.5 Å². The van der Waals surface area contributed by atoms with Crippen LogP contribution in [0.2, 0.25) is 0 Å². The van der Waals surface area contributed by atoms with Gasteiger partial charge in [0.2, 0.25) is 0 Å². The van der Waals surface area contributed by atoms with E-state index in [2.05, 4.69) is 16.8 Å². The van der Waals surface area contributed by atoms with Crippen molar-refractivity contribution in [1.29, 1.82) is 0 Å². The molecule has 2 rings (SSSR count). The molecule has 1 aromatic rings. The zero-order chi connectivity index (χ0) is 10.7. The van der Waals surface area contributed by atoms with Gasteiger partial charge in [-0.15, -0.1) is 0 Å². The van der Waals surface area contributed by atoms with E-state index in [4.69, 9.17) is 9.84 Å². The average Bonchev–Trinajstić information content (AvgIpc) is 2.77. The van der Waals surface area contributed by atoms with Crippen molar-refractivity contribution in [3.63, 3.8) is 0 Å². The number of nitrogens with zero attached hydrogens (tertiary/aromatic N) is 2. The normalized spacial score (nSPS) is 22.0. The number of ether oxygens (including phenoxy) is 1. The first-order chi connectivity index (χ1) is 7.35. The highest BCUT2D eigenvalue weighted by molar-refractivity contribution is 7.15. The quantitative estimate of drug-likeness (QED) is 0.845. The molecule has 1 saturated heterocycles. The third-order valence-electron chi connectivity index (χ3n) is 2.64. The molecular weight excluding hydrogens is 212 g/mol. The van der Waals surface area contributed by atoms with Crippen molar-refractivity contribution in [2.24, 2.45) is 0 Å². The van der Waals surface area contributed by atoms with Crippen LogP contribution in [0.4, 0.5) is 5.13 Å². The molecule has 1 aliphatic heterocycles.